The van der Waals surface area contributed by atoms with Crippen LogP contribution in [0.15, 0.2) is 47.4 Å². The Hall–Kier alpha value is -2.03. The van der Waals surface area contributed by atoms with E-state index in [1.165, 1.54) is 6.07 Å². The van der Waals surface area contributed by atoms with Gasteiger partial charge >= 0.3 is 10.6 Å². The molecular weight excluding hydrogens is 328 g/mol. The fraction of sp³-hybridized carbons (Fsp3) is 0.143. The van der Waals surface area contributed by atoms with Gasteiger partial charge < -0.3 is 0 Å². The van der Waals surface area contributed by atoms with Crippen LogP contribution in [0.25, 0.3) is 11.1 Å². The summed E-state index contributed by atoms with van der Waals surface area (Å²) in [6.07, 6.45) is 0. The Morgan fingerprint density at radius 1 is 0.864 bits per heavy atom. The molecule has 0 aliphatic carbocycles. The summed E-state index contributed by atoms with van der Waals surface area (Å²) >= 11 is 0. The van der Waals surface area contributed by atoms with Crippen molar-refractivity contribution in [1.82, 2.24) is 0 Å². The minimum Gasteiger partial charge on any atom is -0.282 e. The highest BCUT2D eigenvalue weighted by atomic mass is 32.2. The molecule has 0 fully saturated rings. The molecule has 0 bridgehead atoms. The average molecular weight is 342 g/mol. The van der Waals surface area contributed by atoms with Gasteiger partial charge in [-0.05, 0) is 31.0 Å². The van der Waals surface area contributed by atoms with Crippen LogP contribution in [0.1, 0.15) is 11.1 Å². The van der Waals surface area contributed by atoms with Crippen LogP contribution in [-0.4, -0.2) is 25.6 Å². The Balaban J connectivity index is 0.000000541. The molecule has 0 unspecified atom stereocenters. The van der Waals surface area contributed by atoms with E-state index in [-0.39, 0.29) is 4.90 Å². The number of rotatable bonds is 2. The lowest BCUT2D eigenvalue weighted by atomic mass is 10.0. The highest BCUT2D eigenvalue weighted by molar-refractivity contribution is 7.86. The lowest BCUT2D eigenvalue weighted by Crippen LogP contribution is -2.01. The second-order valence-electron chi connectivity index (χ2n) is 4.54. The highest BCUT2D eigenvalue weighted by Crippen LogP contribution is 2.28. The molecule has 0 radical (unpaired) electrons. The zero-order chi connectivity index (χ0) is 16.9. The van der Waals surface area contributed by atoms with Crippen LogP contribution < -0.4 is 0 Å². The number of hydrogen-bond acceptors (Lipinski definition) is 5. The summed E-state index contributed by atoms with van der Waals surface area (Å²) in [5, 5.41) is 0. The van der Waals surface area contributed by atoms with Crippen molar-refractivity contribution in [2.24, 2.45) is 0 Å². The average Bonchev–Trinajstić information content (AvgIpc) is 2.38. The summed E-state index contributed by atoms with van der Waals surface area (Å²) in [7, 11) is -7.33. The first-order valence-corrected chi connectivity index (χ1v) is 8.47. The smallest absolute Gasteiger partial charge is 0.282 e. The fourth-order valence-electron chi connectivity index (χ4n) is 1.81. The maximum Gasteiger partial charge on any atom is 0.425 e. The van der Waals surface area contributed by atoms with Gasteiger partial charge in [0.2, 0.25) is 0 Å². The Kier molecular flexibility index (Phi) is 5.98. The van der Waals surface area contributed by atoms with Gasteiger partial charge in [-0.1, -0.05) is 42.0 Å². The van der Waals surface area contributed by atoms with Crippen LogP contribution in [-0.2, 0) is 20.7 Å². The molecule has 1 N–H and O–H groups in total. The molecule has 2 aromatic rings. The number of aryl methyl sites for hydroxylation is 2. The molecule has 0 aliphatic heterocycles. The molecule has 118 valence electrons. The van der Waals surface area contributed by atoms with E-state index in [0.29, 0.717) is 5.56 Å². The summed E-state index contributed by atoms with van der Waals surface area (Å²) in [6, 6.07) is 12.5. The third-order valence-electron chi connectivity index (χ3n) is 2.78. The predicted molar refractivity (Wildman–Crippen MR) is 80.9 cm³/mol. The van der Waals surface area contributed by atoms with E-state index >= 15 is 0 Å². The van der Waals surface area contributed by atoms with Crippen LogP contribution in [0.4, 0.5) is 0 Å². The summed E-state index contributed by atoms with van der Waals surface area (Å²) in [4.78, 5) is -0.0497. The Morgan fingerprint density at radius 3 is 1.77 bits per heavy atom. The second kappa shape index (κ2) is 7.30. The van der Waals surface area contributed by atoms with Crippen molar-refractivity contribution in [2.45, 2.75) is 18.7 Å². The summed E-state index contributed by atoms with van der Waals surface area (Å²) < 4.78 is 57.4. The van der Waals surface area contributed by atoms with E-state index in [1.807, 2.05) is 37.3 Å². The van der Waals surface area contributed by atoms with Crippen LogP contribution in [0.3, 0.4) is 0 Å². The van der Waals surface area contributed by atoms with Gasteiger partial charge in [0, 0.05) is 5.56 Å². The predicted octanol–water partition coefficient (Wildman–Crippen LogP) is 2.21. The maximum absolute atomic E-state index is 11.4. The Bertz CT molecular complexity index is 860. The lowest BCUT2D eigenvalue weighted by Gasteiger charge is -2.08. The molecular formula is C14H14O6S2. The first-order valence-electron chi connectivity index (χ1n) is 6.03. The van der Waals surface area contributed by atoms with Gasteiger partial charge in [-0.25, -0.2) is 0 Å². The van der Waals surface area contributed by atoms with Crippen molar-refractivity contribution in [1.29, 1.82) is 0 Å². The van der Waals surface area contributed by atoms with Crippen molar-refractivity contribution in [3.05, 3.63) is 53.6 Å². The van der Waals surface area contributed by atoms with E-state index < -0.39 is 20.7 Å². The van der Waals surface area contributed by atoms with Gasteiger partial charge in [0.1, 0.15) is 4.90 Å². The molecule has 2 rings (SSSR count). The van der Waals surface area contributed by atoms with E-state index in [1.54, 1.807) is 13.0 Å². The second-order valence-corrected chi connectivity index (χ2v) is 6.34. The molecule has 8 heteroatoms. The molecule has 0 aliphatic rings. The lowest BCUT2D eigenvalue weighted by molar-refractivity contribution is 0.483. The summed E-state index contributed by atoms with van der Waals surface area (Å²) in [5.74, 6) is 0. The van der Waals surface area contributed by atoms with Gasteiger partial charge in [-0.2, -0.15) is 8.42 Å². The molecule has 0 atom stereocenters. The molecule has 6 nitrogen and oxygen atoms in total. The molecule has 0 aromatic heterocycles. The fourth-order valence-corrected chi connectivity index (χ4v) is 2.61. The van der Waals surface area contributed by atoms with Crippen LogP contribution >= 0.6 is 0 Å². The quantitative estimate of drug-likeness (QED) is 0.839. The maximum atomic E-state index is 11.4. The van der Waals surface area contributed by atoms with E-state index in [0.717, 1.165) is 16.7 Å². The van der Waals surface area contributed by atoms with Gasteiger partial charge in [-0.3, -0.25) is 4.55 Å². The molecule has 0 heterocycles. The third kappa shape index (κ3) is 5.40. The SMILES string of the molecule is Cc1ccc(-c2ccc(C)cc2S(=O)(=O)O)cc1.O=S(=O)=O. The summed E-state index contributed by atoms with van der Waals surface area (Å²) in [6.45, 7) is 3.75. The Morgan fingerprint density at radius 2 is 1.32 bits per heavy atom. The first-order chi connectivity index (χ1) is 10.1. The molecule has 2 aromatic carbocycles. The van der Waals surface area contributed by atoms with Crippen LogP contribution in [0, 0.1) is 13.8 Å². The topological polar surface area (TPSA) is 106 Å². The molecule has 22 heavy (non-hydrogen) atoms. The summed E-state index contributed by atoms with van der Waals surface area (Å²) in [5.41, 5.74) is 3.18. The van der Waals surface area contributed by atoms with Gasteiger partial charge in [0.15, 0.2) is 0 Å². The minimum absolute atomic E-state index is 0.0497. The molecule has 0 amide bonds. The number of hydrogen-bond donors (Lipinski definition) is 1. The molecule has 0 saturated heterocycles. The van der Waals surface area contributed by atoms with Crippen molar-refractivity contribution in [2.75, 3.05) is 0 Å². The first kappa shape index (κ1) is 18.0. The normalized spacial score (nSPS) is 10.5. The standard InChI is InChI=1S/C14H14O3S.O3S/c1-10-3-6-12(7-4-10)13-8-5-11(2)9-14(13)18(15,16)17;1-4(2)3/h3-9H,1-2H3,(H,15,16,17);. The van der Waals surface area contributed by atoms with Gasteiger partial charge in [-0.15, -0.1) is 12.6 Å². The number of benzene rings is 2. The molecule has 0 saturated carbocycles. The largest absolute Gasteiger partial charge is 0.425 e. The van der Waals surface area contributed by atoms with Crippen molar-refractivity contribution < 1.29 is 25.6 Å². The minimum atomic E-state index is -4.21. The van der Waals surface area contributed by atoms with E-state index in [4.69, 9.17) is 12.6 Å². The van der Waals surface area contributed by atoms with Crippen molar-refractivity contribution in [3.63, 3.8) is 0 Å². The van der Waals surface area contributed by atoms with Gasteiger partial charge in [0.05, 0.1) is 0 Å². The van der Waals surface area contributed by atoms with E-state index in [9.17, 15) is 13.0 Å². The van der Waals surface area contributed by atoms with Gasteiger partial charge in [0.25, 0.3) is 10.1 Å². The van der Waals surface area contributed by atoms with Crippen molar-refractivity contribution >= 4 is 20.7 Å². The van der Waals surface area contributed by atoms with Crippen LogP contribution in [0.5, 0.6) is 0 Å². The third-order valence-corrected chi connectivity index (χ3v) is 3.67. The zero-order valence-electron chi connectivity index (χ0n) is 11.8. The van der Waals surface area contributed by atoms with Crippen molar-refractivity contribution in [3.8, 4) is 11.1 Å². The van der Waals surface area contributed by atoms with Crippen LogP contribution in [0.2, 0.25) is 0 Å². The monoisotopic (exact) mass is 342 g/mol. The zero-order valence-corrected chi connectivity index (χ0v) is 13.5. The van der Waals surface area contributed by atoms with E-state index in [2.05, 4.69) is 0 Å². The Labute approximate surface area is 130 Å². The highest BCUT2D eigenvalue weighted by Gasteiger charge is 2.16. The molecule has 0 spiro atoms.